The molecule has 9 heteroatoms. The number of nitrogens with one attached hydrogen (secondary N) is 1. The predicted octanol–water partition coefficient (Wildman–Crippen LogP) is 5.28. The summed E-state index contributed by atoms with van der Waals surface area (Å²) >= 11 is 0. The number of carbonyl (C=O) groups excluding carboxylic acids is 2. The predicted molar refractivity (Wildman–Crippen MR) is 153 cm³/mol. The van der Waals surface area contributed by atoms with Gasteiger partial charge in [-0.3, -0.25) is 4.79 Å². The normalized spacial score (nSPS) is 14.7. The van der Waals surface area contributed by atoms with E-state index < -0.39 is 23.7 Å². The first kappa shape index (κ1) is 29.1. The molecule has 9 nitrogen and oxygen atoms in total. The summed E-state index contributed by atoms with van der Waals surface area (Å²) in [6, 6.07) is 13.8. The highest BCUT2D eigenvalue weighted by atomic mass is 16.6. The molecule has 1 fully saturated rings. The molecule has 0 bridgehead atoms. The van der Waals surface area contributed by atoms with Gasteiger partial charge in [-0.2, -0.15) is 0 Å². The lowest BCUT2D eigenvalue weighted by atomic mass is 10.0. The molecule has 2 aromatic carbocycles. The minimum atomic E-state index is -0.812. The molecule has 0 aliphatic carbocycles. The number of anilines is 1. The van der Waals surface area contributed by atoms with Crippen LogP contribution in [0, 0.1) is 5.92 Å². The Morgan fingerprint density at radius 1 is 1.05 bits per heavy atom. The smallest absolute Gasteiger partial charge is 0.408 e. The van der Waals surface area contributed by atoms with Crippen LogP contribution in [0.1, 0.15) is 46.6 Å². The molecule has 2 heterocycles. The summed E-state index contributed by atoms with van der Waals surface area (Å²) in [5, 5.41) is 3.15. The summed E-state index contributed by atoms with van der Waals surface area (Å²) in [5.41, 5.74) is 2.21. The fourth-order valence-electron chi connectivity index (χ4n) is 4.50. The lowest BCUT2D eigenvalue weighted by molar-refractivity contribution is -0.148. The Hall–Kier alpha value is -3.85. The van der Waals surface area contributed by atoms with Gasteiger partial charge in [-0.05, 0) is 50.3 Å². The van der Waals surface area contributed by atoms with Crippen molar-refractivity contribution in [2.75, 3.05) is 31.2 Å². The molecule has 0 saturated carbocycles. The minimum Gasteiger partial charge on any atom is -0.459 e. The summed E-state index contributed by atoms with van der Waals surface area (Å²) in [6.07, 6.45) is -0.228. The zero-order chi connectivity index (χ0) is 28.9. The molecule has 1 amide bonds. The van der Waals surface area contributed by atoms with Crippen LogP contribution in [-0.4, -0.2) is 50.0 Å². The number of para-hydroxylation sites is 1. The summed E-state index contributed by atoms with van der Waals surface area (Å²) in [7, 11) is 0. The fourth-order valence-corrected chi connectivity index (χ4v) is 4.50. The molecule has 0 spiro atoms. The van der Waals surface area contributed by atoms with Crippen LogP contribution in [0.3, 0.4) is 0 Å². The second-order valence-electron chi connectivity index (χ2n) is 11.4. The van der Waals surface area contributed by atoms with Crippen LogP contribution in [0.25, 0.3) is 22.1 Å². The van der Waals surface area contributed by atoms with Crippen LogP contribution < -0.4 is 15.6 Å². The summed E-state index contributed by atoms with van der Waals surface area (Å²) in [4.78, 5) is 40.0. The average Bonchev–Trinajstić information content (AvgIpc) is 2.90. The van der Waals surface area contributed by atoms with Crippen LogP contribution in [0.15, 0.2) is 57.7 Å². The third-order valence-electron chi connectivity index (χ3n) is 6.39. The van der Waals surface area contributed by atoms with Crippen molar-refractivity contribution >= 4 is 28.9 Å². The van der Waals surface area contributed by atoms with E-state index >= 15 is 0 Å². The Bertz CT molecular complexity index is 1380. The molecule has 1 aliphatic rings. The van der Waals surface area contributed by atoms with Crippen LogP contribution in [0.5, 0.6) is 0 Å². The molecule has 3 aromatic rings. The number of amides is 1. The number of carbonyl (C=O) groups is 2. The quantitative estimate of drug-likeness (QED) is 0.378. The van der Waals surface area contributed by atoms with E-state index in [2.05, 4.69) is 5.32 Å². The number of ether oxygens (including phenoxy) is 3. The first-order valence-electron chi connectivity index (χ1n) is 13.6. The first-order valence-corrected chi connectivity index (χ1v) is 13.6. The van der Waals surface area contributed by atoms with Gasteiger partial charge in [-0.1, -0.05) is 50.2 Å². The van der Waals surface area contributed by atoms with Gasteiger partial charge < -0.3 is 28.8 Å². The second kappa shape index (κ2) is 12.6. The highest BCUT2D eigenvalue weighted by molar-refractivity contribution is 5.92. The van der Waals surface area contributed by atoms with Gasteiger partial charge in [0.05, 0.1) is 18.6 Å². The molecule has 1 saturated heterocycles. The van der Waals surface area contributed by atoms with Gasteiger partial charge in [-0.25, -0.2) is 9.59 Å². The van der Waals surface area contributed by atoms with Crippen molar-refractivity contribution in [3.63, 3.8) is 0 Å². The van der Waals surface area contributed by atoms with Crippen molar-refractivity contribution in [1.82, 2.24) is 5.32 Å². The van der Waals surface area contributed by atoms with Crippen molar-refractivity contribution < 1.29 is 28.2 Å². The molecule has 214 valence electrons. The summed E-state index contributed by atoms with van der Waals surface area (Å²) < 4.78 is 22.5. The van der Waals surface area contributed by atoms with E-state index in [1.54, 1.807) is 32.9 Å². The van der Waals surface area contributed by atoms with E-state index in [0.717, 1.165) is 16.7 Å². The van der Waals surface area contributed by atoms with Crippen molar-refractivity contribution in [2.45, 2.75) is 59.3 Å². The van der Waals surface area contributed by atoms with Gasteiger partial charge in [0, 0.05) is 24.7 Å². The first-order chi connectivity index (χ1) is 19.0. The van der Waals surface area contributed by atoms with Gasteiger partial charge in [-0.15, -0.1) is 0 Å². The molecule has 40 heavy (non-hydrogen) atoms. The number of hydrogen-bond acceptors (Lipinski definition) is 8. The fraction of sp³-hybridized carbons (Fsp3) is 0.452. The monoisotopic (exact) mass is 550 g/mol. The molecular weight excluding hydrogens is 512 g/mol. The van der Waals surface area contributed by atoms with Gasteiger partial charge in [0.25, 0.3) is 0 Å². The zero-order valence-electron chi connectivity index (χ0n) is 23.8. The third kappa shape index (κ3) is 7.63. The standard InChI is InChI=1S/C31H38N2O7/c1-20(2)17-25(32-30(36)40-31(3,4)5)29(35)38-19-21-9-11-22(12-10-21)23-7-6-8-24-26(34)18-27(39-28(23)24)33-13-15-37-16-14-33/h6-12,18,20,25H,13-17,19H2,1-5H3,(H,32,36). The number of nitrogens with zero attached hydrogens (tertiary/aromatic N) is 1. The second-order valence-corrected chi connectivity index (χ2v) is 11.4. The van der Waals surface area contributed by atoms with Gasteiger partial charge >= 0.3 is 12.1 Å². The molecule has 1 unspecified atom stereocenters. The largest absolute Gasteiger partial charge is 0.459 e. The van der Waals surface area contributed by atoms with Gasteiger partial charge in [0.1, 0.15) is 23.8 Å². The number of rotatable bonds is 8. The third-order valence-corrected chi connectivity index (χ3v) is 6.39. The number of hydrogen-bond donors (Lipinski definition) is 1. The molecule has 1 atom stereocenters. The SMILES string of the molecule is CC(C)CC(NC(=O)OC(C)(C)C)C(=O)OCc1ccc(-c2cccc3c(=O)cc(N4CCOCC4)oc23)cc1. The lowest BCUT2D eigenvalue weighted by Crippen LogP contribution is -2.44. The highest BCUT2D eigenvalue weighted by Gasteiger charge is 2.26. The molecule has 1 N–H and O–H groups in total. The van der Waals surface area contributed by atoms with E-state index in [0.29, 0.717) is 49.6 Å². The van der Waals surface area contributed by atoms with Crippen molar-refractivity contribution in [2.24, 2.45) is 5.92 Å². The van der Waals surface area contributed by atoms with Crippen molar-refractivity contribution in [3.8, 4) is 11.1 Å². The minimum absolute atomic E-state index is 0.0511. The molecule has 0 radical (unpaired) electrons. The Kier molecular flexibility index (Phi) is 9.14. The van der Waals surface area contributed by atoms with Crippen LogP contribution in [0.2, 0.25) is 0 Å². The lowest BCUT2D eigenvalue weighted by Gasteiger charge is -2.27. The Balaban J connectivity index is 1.48. The van der Waals surface area contributed by atoms with E-state index in [1.807, 2.05) is 55.1 Å². The van der Waals surface area contributed by atoms with Crippen molar-refractivity contribution in [1.29, 1.82) is 0 Å². The highest BCUT2D eigenvalue weighted by Crippen LogP contribution is 2.30. The number of alkyl carbamates (subject to hydrolysis) is 1. The van der Waals surface area contributed by atoms with Crippen LogP contribution >= 0.6 is 0 Å². The maximum atomic E-state index is 12.9. The van der Waals surface area contributed by atoms with E-state index in [9.17, 15) is 14.4 Å². The van der Waals surface area contributed by atoms with Crippen LogP contribution in [-0.2, 0) is 25.6 Å². The number of esters is 1. The van der Waals surface area contributed by atoms with Crippen molar-refractivity contribution in [3.05, 3.63) is 64.3 Å². The van der Waals surface area contributed by atoms with E-state index in [1.165, 1.54) is 0 Å². The summed E-state index contributed by atoms with van der Waals surface area (Å²) in [6.45, 7) is 11.8. The number of fused-ring (bicyclic) bond motifs is 1. The van der Waals surface area contributed by atoms with E-state index in [-0.39, 0.29) is 18.0 Å². The Morgan fingerprint density at radius 2 is 1.75 bits per heavy atom. The molecule has 1 aromatic heterocycles. The van der Waals surface area contributed by atoms with Gasteiger partial charge in [0.2, 0.25) is 0 Å². The summed E-state index contributed by atoms with van der Waals surface area (Å²) in [5.74, 6) is 0.180. The average molecular weight is 551 g/mol. The Morgan fingerprint density at radius 3 is 2.40 bits per heavy atom. The molecule has 4 rings (SSSR count). The topological polar surface area (TPSA) is 107 Å². The van der Waals surface area contributed by atoms with Gasteiger partial charge in [0.15, 0.2) is 11.3 Å². The number of morpholine rings is 1. The zero-order valence-corrected chi connectivity index (χ0v) is 23.8. The molecular formula is C31H38N2O7. The van der Waals surface area contributed by atoms with Crippen LogP contribution in [0.4, 0.5) is 10.7 Å². The maximum Gasteiger partial charge on any atom is 0.408 e. The Labute approximate surface area is 234 Å². The van der Waals surface area contributed by atoms with E-state index in [4.69, 9.17) is 18.6 Å². The number of benzene rings is 2. The molecule has 1 aliphatic heterocycles. The maximum absolute atomic E-state index is 12.9.